The fraction of sp³-hybridized carbons (Fsp3) is 0.190. The zero-order valence-corrected chi connectivity index (χ0v) is 17.8. The molecule has 1 aliphatic heterocycles. The second-order valence-corrected chi connectivity index (χ2v) is 7.71. The zero-order chi connectivity index (χ0) is 22.5. The van der Waals surface area contributed by atoms with Gasteiger partial charge in [0.1, 0.15) is 19.0 Å². The maximum atomic E-state index is 13.9. The Labute approximate surface area is 186 Å². The van der Waals surface area contributed by atoms with E-state index in [1.165, 1.54) is 18.2 Å². The van der Waals surface area contributed by atoms with Gasteiger partial charge in [-0.1, -0.05) is 29.8 Å². The molecule has 2 aromatic rings. The molecule has 1 heterocycles. The Morgan fingerprint density at radius 3 is 2.68 bits per heavy atom. The van der Waals surface area contributed by atoms with E-state index in [2.05, 4.69) is 0 Å². The molecule has 1 saturated heterocycles. The molecule has 0 spiro atoms. The summed E-state index contributed by atoms with van der Waals surface area (Å²) in [6.07, 6.45) is 1.42. The van der Waals surface area contributed by atoms with Gasteiger partial charge in [0.25, 0.3) is 11.1 Å². The number of carboxylic acid groups (broad SMARTS) is 1. The van der Waals surface area contributed by atoms with Gasteiger partial charge in [-0.3, -0.25) is 19.3 Å². The maximum Gasteiger partial charge on any atom is 0.323 e. The molecule has 2 aromatic carbocycles. The molecule has 0 atom stereocenters. The third kappa shape index (κ3) is 5.36. The minimum absolute atomic E-state index is 0.0600. The molecule has 0 unspecified atom stereocenters. The SMILES string of the molecule is CCOc1cc(/C=C2/SC(=O)N(CC(=O)O)C2=O)cc(Cl)c1OCc1ccccc1F. The van der Waals surface area contributed by atoms with E-state index in [9.17, 15) is 18.8 Å². The number of hydrogen-bond donors (Lipinski definition) is 1. The topological polar surface area (TPSA) is 93.1 Å². The van der Waals surface area contributed by atoms with Gasteiger partial charge in [-0.25, -0.2) is 4.39 Å². The molecule has 1 fully saturated rings. The van der Waals surface area contributed by atoms with E-state index in [1.54, 1.807) is 31.2 Å². The van der Waals surface area contributed by atoms with Crippen molar-refractivity contribution in [3.8, 4) is 11.5 Å². The standard InChI is InChI=1S/C21H17ClFNO6S/c1-2-29-16-8-12(9-17-20(27)24(10-18(25)26)21(28)31-17)7-14(22)19(16)30-11-13-5-3-4-6-15(13)23/h3-9H,2,10-11H2,1H3,(H,25,26)/b17-9+. The van der Waals surface area contributed by atoms with E-state index in [0.717, 1.165) is 0 Å². The number of rotatable bonds is 8. The van der Waals surface area contributed by atoms with Crippen LogP contribution in [-0.2, 0) is 16.2 Å². The van der Waals surface area contributed by atoms with Gasteiger partial charge in [-0.15, -0.1) is 0 Å². The molecule has 10 heteroatoms. The lowest BCUT2D eigenvalue weighted by Crippen LogP contribution is -2.33. The number of benzene rings is 2. The van der Waals surface area contributed by atoms with Gasteiger partial charge in [-0.05, 0) is 48.5 Å². The summed E-state index contributed by atoms with van der Waals surface area (Å²) in [4.78, 5) is 35.8. The van der Waals surface area contributed by atoms with Gasteiger partial charge < -0.3 is 14.6 Å². The first kappa shape index (κ1) is 22.6. The lowest BCUT2D eigenvalue weighted by atomic mass is 10.1. The molecule has 1 aliphatic rings. The highest BCUT2D eigenvalue weighted by Gasteiger charge is 2.36. The van der Waals surface area contributed by atoms with E-state index in [1.807, 2.05) is 0 Å². The molecular weight excluding hydrogens is 449 g/mol. The number of carbonyl (C=O) groups is 3. The summed E-state index contributed by atoms with van der Waals surface area (Å²) in [6.45, 7) is 1.28. The first-order chi connectivity index (χ1) is 14.8. The van der Waals surface area contributed by atoms with Crippen molar-refractivity contribution in [2.24, 2.45) is 0 Å². The number of aliphatic carboxylic acids is 1. The lowest BCUT2D eigenvalue weighted by Gasteiger charge is -2.15. The monoisotopic (exact) mass is 465 g/mol. The number of nitrogens with zero attached hydrogens (tertiary/aromatic N) is 1. The molecule has 0 radical (unpaired) electrons. The maximum absolute atomic E-state index is 13.9. The van der Waals surface area contributed by atoms with Gasteiger partial charge >= 0.3 is 5.97 Å². The van der Waals surface area contributed by atoms with E-state index in [4.69, 9.17) is 26.2 Å². The highest BCUT2D eigenvalue weighted by atomic mass is 35.5. The van der Waals surface area contributed by atoms with Gasteiger partial charge in [0.15, 0.2) is 11.5 Å². The molecule has 0 bridgehead atoms. The van der Waals surface area contributed by atoms with Gasteiger partial charge in [0, 0.05) is 5.56 Å². The Kier molecular flexibility index (Phi) is 7.19. The minimum atomic E-state index is -1.29. The number of thioether (sulfide) groups is 1. The molecule has 1 N–H and O–H groups in total. The van der Waals surface area contributed by atoms with Crippen molar-refractivity contribution in [2.45, 2.75) is 13.5 Å². The first-order valence-corrected chi connectivity index (χ1v) is 10.3. The average molecular weight is 466 g/mol. The normalized spacial score (nSPS) is 14.9. The van der Waals surface area contributed by atoms with Crippen LogP contribution in [0.25, 0.3) is 6.08 Å². The molecular formula is C21H17ClFNO6S. The van der Waals surface area contributed by atoms with Crippen LogP contribution < -0.4 is 9.47 Å². The molecule has 162 valence electrons. The number of carboxylic acids is 1. The Bertz CT molecular complexity index is 1070. The van der Waals surface area contributed by atoms with Crippen LogP contribution in [0.1, 0.15) is 18.1 Å². The van der Waals surface area contributed by atoms with E-state index in [0.29, 0.717) is 34.4 Å². The second kappa shape index (κ2) is 9.84. The molecule has 31 heavy (non-hydrogen) atoms. The van der Waals surface area contributed by atoms with Crippen LogP contribution in [0.5, 0.6) is 11.5 Å². The van der Waals surface area contributed by atoms with Crippen LogP contribution >= 0.6 is 23.4 Å². The summed E-state index contributed by atoms with van der Waals surface area (Å²) >= 11 is 6.98. The van der Waals surface area contributed by atoms with Gasteiger partial charge in [0.2, 0.25) is 0 Å². The number of imide groups is 1. The van der Waals surface area contributed by atoms with Crippen LogP contribution in [0.3, 0.4) is 0 Å². The summed E-state index contributed by atoms with van der Waals surface area (Å²) in [5, 5.41) is 8.35. The Morgan fingerprint density at radius 2 is 2.00 bits per heavy atom. The fourth-order valence-electron chi connectivity index (χ4n) is 2.76. The molecule has 2 amide bonds. The van der Waals surface area contributed by atoms with Crippen LogP contribution in [0, 0.1) is 5.82 Å². The second-order valence-electron chi connectivity index (χ2n) is 6.30. The van der Waals surface area contributed by atoms with Crippen LogP contribution in [0.15, 0.2) is 41.3 Å². The Morgan fingerprint density at radius 1 is 1.26 bits per heavy atom. The van der Waals surface area contributed by atoms with E-state index >= 15 is 0 Å². The molecule has 0 aliphatic carbocycles. The summed E-state index contributed by atoms with van der Waals surface area (Å²) < 4.78 is 25.1. The lowest BCUT2D eigenvalue weighted by molar-refractivity contribution is -0.140. The van der Waals surface area contributed by atoms with Crippen LogP contribution in [-0.4, -0.2) is 40.3 Å². The summed E-state index contributed by atoms with van der Waals surface area (Å²) in [5.41, 5.74) is 0.796. The number of halogens is 2. The first-order valence-electron chi connectivity index (χ1n) is 9.09. The fourth-order valence-corrected chi connectivity index (χ4v) is 3.87. The third-order valence-corrected chi connectivity index (χ3v) is 5.31. The number of amides is 2. The van der Waals surface area contributed by atoms with Crippen molar-refractivity contribution < 1.29 is 33.4 Å². The summed E-state index contributed by atoms with van der Waals surface area (Å²) in [5.74, 6) is -1.91. The van der Waals surface area contributed by atoms with Crippen molar-refractivity contribution >= 4 is 46.6 Å². The molecule has 0 aromatic heterocycles. The summed E-state index contributed by atoms with van der Waals surface area (Å²) in [7, 11) is 0. The van der Waals surface area contributed by atoms with Crippen molar-refractivity contribution in [3.05, 3.63) is 63.3 Å². The highest BCUT2D eigenvalue weighted by molar-refractivity contribution is 8.18. The predicted molar refractivity (Wildman–Crippen MR) is 114 cm³/mol. The van der Waals surface area contributed by atoms with Crippen LogP contribution in [0.2, 0.25) is 5.02 Å². The van der Waals surface area contributed by atoms with E-state index in [-0.39, 0.29) is 28.0 Å². The summed E-state index contributed by atoms with van der Waals surface area (Å²) in [6, 6.07) is 9.25. The molecule has 3 rings (SSSR count). The van der Waals surface area contributed by atoms with Crippen molar-refractivity contribution in [1.29, 1.82) is 0 Å². The zero-order valence-electron chi connectivity index (χ0n) is 16.3. The minimum Gasteiger partial charge on any atom is -0.490 e. The number of ether oxygens (including phenoxy) is 2. The van der Waals surface area contributed by atoms with Crippen molar-refractivity contribution in [3.63, 3.8) is 0 Å². The largest absolute Gasteiger partial charge is 0.490 e. The highest BCUT2D eigenvalue weighted by Crippen LogP contribution is 2.39. The van der Waals surface area contributed by atoms with E-state index < -0.39 is 29.5 Å². The predicted octanol–water partition coefficient (Wildman–Crippen LogP) is 4.58. The smallest absolute Gasteiger partial charge is 0.323 e. The molecule has 7 nitrogen and oxygen atoms in total. The van der Waals surface area contributed by atoms with Crippen molar-refractivity contribution in [2.75, 3.05) is 13.2 Å². The average Bonchev–Trinajstić information content (AvgIpc) is 2.96. The van der Waals surface area contributed by atoms with Crippen LogP contribution in [0.4, 0.5) is 9.18 Å². The van der Waals surface area contributed by atoms with Gasteiger partial charge in [-0.2, -0.15) is 0 Å². The molecule has 0 saturated carbocycles. The quantitative estimate of drug-likeness (QED) is 0.570. The van der Waals surface area contributed by atoms with Crippen molar-refractivity contribution in [1.82, 2.24) is 4.90 Å². The Hall–Kier alpha value is -3.04. The Balaban J connectivity index is 1.87. The number of hydrogen-bond acceptors (Lipinski definition) is 6. The van der Waals surface area contributed by atoms with Gasteiger partial charge in [0.05, 0.1) is 16.5 Å². The third-order valence-electron chi connectivity index (χ3n) is 4.13. The number of carbonyl (C=O) groups excluding carboxylic acids is 2.